The lowest BCUT2D eigenvalue weighted by molar-refractivity contribution is -0.117. The molecule has 0 saturated heterocycles. The summed E-state index contributed by atoms with van der Waals surface area (Å²) in [5, 5.41) is 11.7. The Morgan fingerprint density at radius 2 is 2.06 bits per heavy atom. The predicted octanol–water partition coefficient (Wildman–Crippen LogP) is 1.25. The van der Waals surface area contributed by atoms with Crippen molar-refractivity contribution in [3.8, 4) is 0 Å². The highest BCUT2D eigenvalue weighted by molar-refractivity contribution is 5.92. The molecule has 1 amide bonds. The van der Waals surface area contributed by atoms with E-state index >= 15 is 0 Å². The molecule has 4 nitrogen and oxygen atoms in total. The minimum absolute atomic E-state index is 0.0271. The first-order valence-electron chi connectivity index (χ1n) is 6.39. The third kappa shape index (κ3) is 3.82. The van der Waals surface area contributed by atoms with E-state index in [1.165, 1.54) is 12.8 Å². The third-order valence-corrected chi connectivity index (χ3v) is 3.20. The number of aliphatic hydroxyl groups excluding tert-OH is 1. The summed E-state index contributed by atoms with van der Waals surface area (Å²) in [6.45, 7) is 0.598. The molecule has 0 heterocycles. The Kier molecular flexibility index (Phi) is 4.33. The summed E-state index contributed by atoms with van der Waals surface area (Å²) < 4.78 is 0. The van der Waals surface area contributed by atoms with Crippen LogP contribution in [0.2, 0.25) is 0 Å². The summed E-state index contributed by atoms with van der Waals surface area (Å²) in [7, 11) is 1.99. The fourth-order valence-corrected chi connectivity index (χ4v) is 1.96. The van der Waals surface area contributed by atoms with Crippen molar-refractivity contribution < 1.29 is 9.90 Å². The largest absolute Gasteiger partial charge is 0.396 e. The summed E-state index contributed by atoms with van der Waals surface area (Å²) in [4.78, 5) is 13.9. The highest BCUT2D eigenvalue weighted by Crippen LogP contribution is 2.24. The zero-order chi connectivity index (χ0) is 13.0. The number of amides is 1. The lowest BCUT2D eigenvalue weighted by Gasteiger charge is -2.15. The number of hydrogen-bond acceptors (Lipinski definition) is 3. The molecule has 0 bridgehead atoms. The molecule has 1 aliphatic carbocycles. The van der Waals surface area contributed by atoms with E-state index in [1.807, 2.05) is 31.3 Å². The molecule has 1 aromatic rings. The number of aliphatic hydroxyl groups is 1. The van der Waals surface area contributed by atoms with Gasteiger partial charge in [0.05, 0.1) is 6.54 Å². The van der Waals surface area contributed by atoms with Crippen LogP contribution in [-0.4, -0.2) is 42.2 Å². The van der Waals surface area contributed by atoms with Crippen LogP contribution in [0.5, 0.6) is 0 Å². The lowest BCUT2D eigenvalue weighted by Crippen LogP contribution is -2.31. The Morgan fingerprint density at radius 1 is 1.39 bits per heavy atom. The van der Waals surface area contributed by atoms with Gasteiger partial charge < -0.3 is 10.4 Å². The number of hydrogen-bond donors (Lipinski definition) is 2. The van der Waals surface area contributed by atoms with Crippen molar-refractivity contribution in [1.82, 2.24) is 4.90 Å². The first kappa shape index (κ1) is 13.1. The average Bonchev–Trinajstić information content (AvgIpc) is 3.16. The van der Waals surface area contributed by atoms with Gasteiger partial charge in [-0.15, -0.1) is 0 Å². The lowest BCUT2D eigenvalue weighted by atomic mass is 10.1. The Balaban J connectivity index is 1.82. The fourth-order valence-electron chi connectivity index (χ4n) is 1.96. The zero-order valence-corrected chi connectivity index (χ0v) is 10.7. The van der Waals surface area contributed by atoms with Gasteiger partial charge in [-0.1, -0.05) is 12.1 Å². The second-order valence-corrected chi connectivity index (χ2v) is 4.86. The van der Waals surface area contributed by atoms with Gasteiger partial charge in [0.25, 0.3) is 0 Å². The van der Waals surface area contributed by atoms with Gasteiger partial charge in [0.2, 0.25) is 5.91 Å². The summed E-state index contributed by atoms with van der Waals surface area (Å²) in [5.74, 6) is 0.0271. The van der Waals surface area contributed by atoms with E-state index in [1.54, 1.807) is 0 Å². The second kappa shape index (κ2) is 5.98. The minimum Gasteiger partial charge on any atom is -0.396 e. The van der Waals surface area contributed by atoms with Crippen molar-refractivity contribution in [2.45, 2.75) is 25.3 Å². The standard InChI is InChI=1S/C14H20N2O2/c1-16(13-6-7-13)10-14(18)15-12-4-2-11(3-5-12)8-9-17/h2-5,13,17H,6-10H2,1H3,(H,15,18). The van der Waals surface area contributed by atoms with E-state index in [-0.39, 0.29) is 12.5 Å². The number of nitrogens with one attached hydrogen (secondary N) is 1. The predicted molar refractivity (Wildman–Crippen MR) is 71.5 cm³/mol. The van der Waals surface area contributed by atoms with Gasteiger partial charge >= 0.3 is 0 Å². The molecule has 0 aliphatic heterocycles. The van der Waals surface area contributed by atoms with Crippen LogP contribution < -0.4 is 5.32 Å². The van der Waals surface area contributed by atoms with Crippen molar-refractivity contribution >= 4 is 11.6 Å². The van der Waals surface area contributed by atoms with Gasteiger partial charge in [-0.05, 0) is 44.0 Å². The maximum Gasteiger partial charge on any atom is 0.238 e. The number of anilines is 1. The van der Waals surface area contributed by atoms with Crippen LogP contribution in [0.1, 0.15) is 18.4 Å². The van der Waals surface area contributed by atoms with Crippen LogP contribution in [-0.2, 0) is 11.2 Å². The molecule has 0 radical (unpaired) electrons. The molecule has 0 aromatic heterocycles. The number of rotatable bonds is 6. The number of nitrogens with zero attached hydrogens (tertiary/aromatic N) is 1. The highest BCUT2D eigenvalue weighted by atomic mass is 16.2. The third-order valence-electron chi connectivity index (χ3n) is 3.20. The van der Waals surface area contributed by atoms with E-state index in [4.69, 9.17) is 5.11 Å². The van der Waals surface area contributed by atoms with Crippen LogP contribution in [0.3, 0.4) is 0 Å². The molecule has 0 spiro atoms. The van der Waals surface area contributed by atoms with Crippen LogP contribution in [0, 0.1) is 0 Å². The first-order valence-corrected chi connectivity index (χ1v) is 6.39. The van der Waals surface area contributed by atoms with Crippen molar-refractivity contribution in [2.75, 3.05) is 25.5 Å². The minimum atomic E-state index is 0.0271. The summed E-state index contributed by atoms with van der Waals surface area (Å²) in [6.07, 6.45) is 3.07. The van der Waals surface area contributed by atoms with Gasteiger partial charge in [0.1, 0.15) is 0 Å². The number of benzene rings is 1. The topological polar surface area (TPSA) is 52.6 Å². The zero-order valence-electron chi connectivity index (χ0n) is 10.7. The Hall–Kier alpha value is -1.39. The molecule has 4 heteroatoms. The molecular formula is C14H20N2O2. The molecule has 2 N–H and O–H groups in total. The number of likely N-dealkylation sites (N-methyl/N-ethyl adjacent to an activating group) is 1. The van der Waals surface area contributed by atoms with Gasteiger partial charge in [-0.25, -0.2) is 0 Å². The van der Waals surface area contributed by atoms with Crippen molar-refractivity contribution in [2.24, 2.45) is 0 Å². The SMILES string of the molecule is CN(CC(=O)Nc1ccc(CCO)cc1)C1CC1. The Bertz CT molecular complexity index is 399. The fraction of sp³-hybridized carbons (Fsp3) is 0.500. The van der Waals surface area contributed by atoms with E-state index in [9.17, 15) is 4.79 Å². The van der Waals surface area contributed by atoms with Gasteiger partial charge in [-0.3, -0.25) is 9.69 Å². The van der Waals surface area contributed by atoms with Gasteiger partial charge in [0, 0.05) is 18.3 Å². The maximum absolute atomic E-state index is 11.8. The van der Waals surface area contributed by atoms with Crippen LogP contribution >= 0.6 is 0 Å². The molecule has 0 unspecified atom stereocenters. The number of carbonyl (C=O) groups excluding carboxylic acids is 1. The van der Waals surface area contributed by atoms with Crippen LogP contribution in [0.25, 0.3) is 0 Å². The van der Waals surface area contributed by atoms with E-state index in [0.29, 0.717) is 19.0 Å². The quantitative estimate of drug-likeness (QED) is 0.796. The Labute approximate surface area is 108 Å². The van der Waals surface area contributed by atoms with Gasteiger partial charge in [0.15, 0.2) is 0 Å². The van der Waals surface area contributed by atoms with E-state index in [2.05, 4.69) is 10.2 Å². The normalized spacial score (nSPS) is 14.8. The summed E-state index contributed by atoms with van der Waals surface area (Å²) in [6, 6.07) is 8.20. The van der Waals surface area contributed by atoms with Crippen molar-refractivity contribution in [3.05, 3.63) is 29.8 Å². The monoisotopic (exact) mass is 248 g/mol. The molecule has 1 aromatic carbocycles. The molecule has 1 aliphatic rings. The molecule has 0 atom stereocenters. The smallest absolute Gasteiger partial charge is 0.238 e. The van der Waals surface area contributed by atoms with Crippen LogP contribution in [0.15, 0.2) is 24.3 Å². The Morgan fingerprint density at radius 3 is 2.61 bits per heavy atom. The molecule has 98 valence electrons. The van der Waals surface area contributed by atoms with E-state index < -0.39 is 0 Å². The van der Waals surface area contributed by atoms with E-state index in [0.717, 1.165) is 11.3 Å². The molecule has 1 fully saturated rings. The van der Waals surface area contributed by atoms with Crippen molar-refractivity contribution in [1.29, 1.82) is 0 Å². The van der Waals surface area contributed by atoms with Crippen LogP contribution in [0.4, 0.5) is 5.69 Å². The molecule has 18 heavy (non-hydrogen) atoms. The summed E-state index contributed by atoms with van der Waals surface area (Å²) in [5.41, 5.74) is 1.89. The highest BCUT2D eigenvalue weighted by Gasteiger charge is 2.27. The maximum atomic E-state index is 11.8. The summed E-state index contributed by atoms with van der Waals surface area (Å²) >= 11 is 0. The number of carbonyl (C=O) groups is 1. The second-order valence-electron chi connectivity index (χ2n) is 4.86. The average molecular weight is 248 g/mol. The van der Waals surface area contributed by atoms with Crippen molar-refractivity contribution in [3.63, 3.8) is 0 Å². The molecular weight excluding hydrogens is 228 g/mol. The van der Waals surface area contributed by atoms with Gasteiger partial charge in [-0.2, -0.15) is 0 Å². The molecule has 1 saturated carbocycles. The molecule has 2 rings (SSSR count). The first-order chi connectivity index (χ1) is 8.69.